The third-order valence-corrected chi connectivity index (χ3v) is 5.63. The second-order valence-electron chi connectivity index (χ2n) is 6.19. The van der Waals surface area contributed by atoms with Crippen molar-refractivity contribution in [2.24, 2.45) is 4.99 Å². The molecule has 0 spiro atoms. The van der Waals surface area contributed by atoms with Gasteiger partial charge in [0.25, 0.3) is 0 Å². The second kappa shape index (κ2) is 11.7. The predicted molar refractivity (Wildman–Crippen MR) is 110 cm³/mol. The van der Waals surface area contributed by atoms with Crippen molar-refractivity contribution in [2.75, 3.05) is 37.9 Å². The van der Waals surface area contributed by atoms with E-state index in [2.05, 4.69) is 49.8 Å². The number of thioether (sulfide) groups is 2. The lowest BCUT2D eigenvalue weighted by atomic mass is 10.2. The summed E-state index contributed by atoms with van der Waals surface area (Å²) < 4.78 is 2.39. The van der Waals surface area contributed by atoms with Gasteiger partial charge in [-0.15, -0.1) is 10.2 Å². The number of hydrogen-bond acceptors (Lipinski definition) is 5. The van der Waals surface area contributed by atoms with Crippen molar-refractivity contribution in [3.8, 4) is 0 Å². The SMILES string of the molecule is CCNC(=NCCCc1nnc(SC)n1C1CCCC1)NCCSC. The maximum Gasteiger partial charge on any atom is 0.191 e. The van der Waals surface area contributed by atoms with Crippen molar-refractivity contribution in [1.29, 1.82) is 0 Å². The van der Waals surface area contributed by atoms with Crippen molar-refractivity contribution >= 4 is 29.5 Å². The Bertz CT molecular complexity index is 525. The molecule has 2 N–H and O–H groups in total. The molecular formula is C17H32N6S2. The predicted octanol–water partition coefficient (Wildman–Crippen LogP) is 2.97. The summed E-state index contributed by atoms with van der Waals surface area (Å²) in [6, 6.07) is 0.599. The summed E-state index contributed by atoms with van der Waals surface area (Å²) in [5.41, 5.74) is 0. The summed E-state index contributed by atoms with van der Waals surface area (Å²) in [7, 11) is 0. The standard InChI is InChI=1S/C17H32N6S2/c1-4-18-16(20-12-13-24-2)19-11-7-10-15-21-22-17(25-3)23(15)14-8-5-6-9-14/h14H,4-13H2,1-3H3,(H2,18,19,20). The van der Waals surface area contributed by atoms with Gasteiger partial charge in [0, 0.05) is 37.8 Å². The van der Waals surface area contributed by atoms with E-state index < -0.39 is 0 Å². The maximum atomic E-state index is 4.68. The molecule has 1 saturated carbocycles. The van der Waals surface area contributed by atoms with E-state index in [0.717, 1.165) is 55.2 Å². The van der Waals surface area contributed by atoms with E-state index in [0.29, 0.717) is 6.04 Å². The first kappa shape index (κ1) is 20.4. The molecule has 25 heavy (non-hydrogen) atoms. The van der Waals surface area contributed by atoms with Gasteiger partial charge in [0.05, 0.1) is 0 Å². The summed E-state index contributed by atoms with van der Waals surface area (Å²) in [6.45, 7) is 4.73. The average Bonchev–Trinajstić information content (AvgIpc) is 3.27. The van der Waals surface area contributed by atoms with Crippen molar-refractivity contribution in [1.82, 2.24) is 25.4 Å². The highest BCUT2D eigenvalue weighted by molar-refractivity contribution is 7.98. The number of aromatic nitrogens is 3. The zero-order valence-electron chi connectivity index (χ0n) is 15.8. The molecule has 1 heterocycles. The summed E-state index contributed by atoms with van der Waals surface area (Å²) >= 11 is 3.54. The van der Waals surface area contributed by atoms with E-state index >= 15 is 0 Å². The Morgan fingerprint density at radius 2 is 2.04 bits per heavy atom. The molecule has 0 aliphatic heterocycles. The highest BCUT2D eigenvalue weighted by Crippen LogP contribution is 2.33. The van der Waals surface area contributed by atoms with Gasteiger partial charge in [0.2, 0.25) is 0 Å². The molecule has 0 atom stereocenters. The molecule has 0 amide bonds. The minimum Gasteiger partial charge on any atom is -0.357 e. The monoisotopic (exact) mass is 384 g/mol. The highest BCUT2D eigenvalue weighted by Gasteiger charge is 2.23. The molecule has 6 nitrogen and oxygen atoms in total. The van der Waals surface area contributed by atoms with E-state index in [1.165, 1.54) is 25.7 Å². The molecule has 1 fully saturated rings. The Morgan fingerprint density at radius 3 is 2.72 bits per heavy atom. The van der Waals surface area contributed by atoms with Crippen LogP contribution in [0.4, 0.5) is 0 Å². The van der Waals surface area contributed by atoms with Crippen LogP contribution in [-0.4, -0.2) is 58.6 Å². The fraction of sp³-hybridized carbons (Fsp3) is 0.824. The minimum atomic E-state index is 0.599. The molecule has 1 aliphatic carbocycles. The van der Waals surface area contributed by atoms with Crippen molar-refractivity contribution in [3.63, 3.8) is 0 Å². The van der Waals surface area contributed by atoms with Crippen molar-refractivity contribution in [2.45, 2.75) is 56.6 Å². The van der Waals surface area contributed by atoms with Gasteiger partial charge in [-0.25, -0.2) is 0 Å². The van der Waals surface area contributed by atoms with Crippen LogP contribution in [0.3, 0.4) is 0 Å². The Hall–Kier alpha value is -0.890. The van der Waals surface area contributed by atoms with Gasteiger partial charge in [-0.05, 0) is 38.7 Å². The number of nitrogens with zero attached hydrogens (tertiary/aromatic N) is 4. The van der Waals surface area contributed by atoms with Gasteiger partial charge >= 0.3 is 0 Å². The Morgan fingerprint density at radius 1 is 1.24 bits per heavy atom. The van der Waals surface area contributed by atoms with E-state index in [1.54, 1.807) is 11.8 Å². The van der Waals surface area contributed by atoms with E-state index in [1.807, 2.05) is 11.8 Å². The lowest BCUT2D eigenvalue weighted by molar-refractivity contribution is 0.461. The maximum absolute atomic E-state index is 4.68. The van der Waals surface area contributed by atoms with Crippen molar-refractivity contribution < 1.29 is 0 Å². The zero-order chi connectivity index (χ0) is 17.9. The number of rotatable bonds is 10. The van der Waals surface area contributed by atoms with Crippen molar-refractivity contribution in [3.05, 3.63) is 5.82 Å². The second-order valence-corrected chi connectivity index (χ2v) is 7.95. The van der Waals surface area contributed by atoms with Crippen LogP contribution in [0, 0.1) is 0 Å². The molecule has 0 aromatic carbocycles. The Labute approximate surface area is 160 Å². The molecule has 8 heteroatoms. The first-order chi connectivity index (χ1) is 12.3. The van der Waals surface area contributed by atoms with Crippen LogP contribution < -0.4 is 10.6 Å². The van der Waals surface area contributed by atoms with Gasteiger partial charge in [-0.3, -0.25) is 4.99 Å². The summed E-state index contributed by atoms with van der Waals surface area (Å²) in [4.78, 5) is 4.68. The number of aliphatic imine (C=N–C) groups is 1. The first-order valence-electron chi connectivity index (χ1n) is 9.29. The fourth-order valence-corrected chi connectivity index (χ4v) is 4.07. The molecule has 0 unspecified atom stereocenters. The normalized spacial score (nSPS) is 15.7. The van der Waals surface area contributed by atoms with Crippen LogP contribution in [0.2, 0.25) is 0 Å². The molecule has 142 valence electrons. The van der Waals surface area contributed by atoms with Gasteiger partial charge in [0.15, 0.2) is 11.1 Å². The average molecular weight is 385 g/mol. The summed E-state index contributed by atoms with van der Waals surface area (Å²) in [5.74, 6) is 3.14. The van der Waals surface area contributed by atoms with Gasteiger partial charge in [-0.2, -0.15) is 11.8 Å². The largest absolute Gasteiger partial charge is 0.357 e. The molecular weight excluding hydrogens is 352 g/mol. The van der Waals surface area contributed by atoms with Gasteiger partial charge < -0.3 is 15.2 Å². The minimum absolute atomic E-state index is 0.599. The zero-order valence-corrected chi connectivity index (χ0v) is 17.4. The van der Waals surface area contributed by atoms with Crippen LogP contribution in [-0.2, 0) is 6.42 Å². The van der Waals surface area contributed by atoms with E-state index in [9.17, 15) is 0 Å². The van der Waals surface area contributed by atoms with E-state index in [4.69, 9.17) is 0 Å². The summed E-state index contributed by atoms with van der Waals surface area (Å²) in [5, 5.41) is 16.6. The van der Waals surface area contributed by atoms with E-state index in [-0.39, 0.29) is 0 Å². The smallest absolute Gasteiger partial charge is 0.191 e. The fourth-order valence-electron chi connectivity index (χ4n) is 3.19. The summed E-state index contributed by atoms with van der Waals surface area (Å²) in [6.07, 6.45) is 11.3. The molecule has 0 saturated heterocycles. The van der Waals surface area contributed by atoms with Crippen LogP contribution >= 0.6 is 23.5 Å². The number of hydrogen-bond donors (Lipinski definition) is 2. The number of aryl methyl sites for hydroxylation is 1. The molecule has 0 radical (unpaired) electrons. The molecule has 1 aliphatic rings. The Kier molecular flexibility index (Phi) is 9.54. The third-order valence-electron chi connectivity index (χ3n) is 4.38. The quantitative estimate of drug-likeness (QED) is 0.280. The van der Waals surface area contributed by atoms with Gasteiger partial charge in [-0.1, -0.05) is 24.6 Å². The van der Waals surface area contributed by atoms with Crippen LogP contribution in [0.25, 0.3) is 0 Å². The Balaban J connectivity index is 1.87. The molecule has 1 aromatic heterocycles. The number of nitrogens with one attached hydrogen (secondary N) is 2. The van der Waals surface area contributed by atoms with Gasteiger partial charge in [0.1, 0.15) is 5.82 Å². The third kappa shape index (κ3) is 6.40. The van der Waals surface area contributed by atoms with Crippen LogP contribution in [0.1, 0.15) is 50.9 Å². The van der Waals surface area contributed by atoms with Crippen LogP contribution in [0.15, 0.2) is 10.1 Å². The first-order valence-corrected chi connectivity index (χ1v) is 11.9. The number of guanidine groups is 1. The molecule has 0 bridgehead atoms. The molecule has 1 aromatic rings. The lowest BCUT2D eigenvalue weighted by Crippen LogP contribution is -2.38. The highest BCUT2D eigenvalue weighted by atomic mass is 32.2. The molecule has 2 rings (SSSR count). The topological polar surface area (TPSA) is 67.1 Å². The lowest BCUT2D eigenvalue weighted by Gasteiger charge is -2.16. The van der Waals surface area contributed by atoms with Crippen LogP contribution in [0.5, 0.6) is 0 Å².